The second-order valence-corrected chi connectivity index (χ2v) is 8.04. The Hall–Kier alpha value is -4.34. The van der Waals surface area contributed by atoms with E-state index in [-0.39, 0.29) is 5.56 Å². The third-order valence-electron chi connectivity index (χ3n) is 5.63. The first-order chi connectivity index (χ1) is 16.9. The third kappa shape index (κ3) is 5.97. The molecule has 0 radical (unpaired) electrons. The molecule has 2 atom stereocenters. The quantitative estimate of drug-likeness (QED) is 0.406. The van der Waals surface area contributed by atoms with E-state index in [9.17, 15) is 24.3 Å². The maximum Gasteiger partial charge on any atom is 0.338 e. The van der Waals surface area contributed by atoms with E-state index in [1.165, 1.54) is 24.3 Å². The lowest BCUT2D eigenvalue weighted by atomic mass is 9.82. The SMILES string of the molecule is O=C(COC(=O)c1ccc(NC(=O)[C@@H]2CC=CC[C@@H]2C(=O)O)cc1)Nc1ccc2c(c1)OCCO2. The Morgan fingerprint density at radius 3 is 2.23 bits per heavy atom. The van der Waals surface area contributed by atoms with Gasteiger partial charge in [-0.25, -0.2) is 4.79 Å². The highest BCUT2D eigenvalue weighted by Gasteiger charge is 2.34. The van der Waals surface area contributed by atoms with Gasteiger partial charge in [-0.1, -0.05) is 12.2 Å². The highest BCUT2D eigenvalue weighted by atomic mass is 16.6. The maximum atomic E-state index is 12.5. The zero-order chi connectivity index (χ0) is 24.8. The number of carbonyl (C=O) groups excluding carboxylic acids is 3. The molecule has 10 nitrogen and oxygen atoms in total. The van der Waals surface area contributed by atoms with E-state index in [0.717, 1.165) is 0 Å². The summed E-state index contributed by atoms with van der Waals surface area (Å²) in [7, 11) is 0. The van der Waals surface area contributed by atoms with Crippen molar-refractivity contribution in [3.8, 4) is 11.5 Å². The van der Waals surface area contributed by atoms with Crippen molar-refractivity contribution in [1.82, 2.24) is 0 Å². The van der Waals surface area contributed by atoms with Crippen molar-refractivity contribution in [3.63, 3.8) is 0 Å². The third-order valence-corrected chi connectivity index (χ3v) is 5.63. The van der Waals surface area contributed by atoms with Crippen molar-refractivity contribution in [2.45, 2.75) is 12.8 Å². The van der Waals surface area contributed by atoms with E-state index >= 15 is 0 Å². The molecule has 0 saturated heterocycles. The molecule has 1 aliphatic heterocycles. The molecule has 3 N–H and O–H groups in total. The van der Waals surface area contributed by atoms with Gasteiger partial charge in [0.1, 0.15) is 13.2 Å². The van der Waals surface area contributed by atoms with Crippen LogP contribution >= 0.6 is 0 Å². The second kappa shape index (κ2) is 10.7. The lowest BCUT2D eigenvalue weighted by Crippen LogP contribution is -2.34. The molecule has 1 heterocycles. The van der Waals surface area contributed by atoms with Gasteiger partial charge in [-0.3, -0.25) is 14.4 Å². The molecule has 10 heteroatoms. The summed E-state index contributed by atoms with van der Waals surface area (Å²) >= 11 is 0. The highest BCUT2D eigenvalue weighted by Crippen LogP contribution is 2.32. The van der Waals surface area contributed by atoms with E-state index in [4.69, 9.17) is 14.2 Å². The first-order valence-electron chi connectivity index (χ1n) is 11.1. The number of carboxylic acid groups (broad SMARTS) is 1. The predicted molar refractivity (Wildman–Crippen MR) is 124 cm³/mol. The van der Waals surface area contributed by atoms with Crippen LogP contribution in [0.4, 0.5) is 11.4 Å². The number of carbonyl (C=O) groups is 4. The number of nitrogens with one attached hydrogen (secondary N) is 2. The van der Waals surface area contributed by atoms with Gasteiger partial charge < -0.3 is 30.0 Å². The number of allylic oxidation sites excluding steroid dienone is 2. The zero-order valence-corrected chi connectivity index (χ0v) is 18.7. The average molecular weight is 480 g/mol. The number of anilines is 2. The first kappa shape index (κ1) is 23.8. The van der Waals surface area contributed by atoms with Crippen molar-refractivity contribution in [2.75, 3.05) is 30.5 Å². The van der Waals surface area contributed by atoms with Crippen molar-refractivity contribution >= 4 is 35.1 Å². The average Bonchev–Trinajstić information content (AvgIpc) is 2.87. The Morgan fingerprint density at radius 1 is 0.857 bits per heavy atom. The van der Waals surface area contributed by atoms with E-state index in [0.29, 0.717) is 48.9 Å². The van der Waals surface area contributed by atoms with E-state index in [1.54, 1.807) is 30.4 Å². The summed E-state index contributed by atoms with van der Waals surface area (Å²) in [6, 6.07) is 10.9. The molecule has 0 spiro atoms. The summed E-state index contributed by atoms with van der Waals surface area (Å²) in [6.45, 7) is 0.397. The molecule has 1 aliphatic carbocycles. The Bertz CT molecular complexity index is 1160. The van der Waals surface area contributed by atoms with E-state index in [1.807, 2.05) is 0 Å². The van der Waals surface area contributed by atoms with Gasteiger partial charge in [-0.2, -0.15) is 0 Å². The Kier molecular flexibility index (Phi) is 7.30. The van der Waals surface area contributed by atoms with Gasteiger partial charge in [0.25, 0.3) is 5.91 Å². The highest BCUT2D eigenvalue weighted by molar-refractivity contribution is 5.97. The van der Waals surface area contributed by atoms with Gasteiger partial charge in [0, 0.05) is 17.4 Å². The molecule has 182 valence electrons. The largest absolute Gasteiger partial charge is 0.486 e. The fourth-order valence-electron chi connectivity index (χ4n) is 3.83. The van der Waals surface area contributed by atoms with Gasteiger partial charge >= 0.3 is 11.9 Å². The molecule has 0 aromatic heterocycles. The van der Waals surface area contributed by atoms with Crippen LogP contribution in [0.2, 0.25) is 0 Å². The minimum Gasteiger partial charge on any atom is -0.486 e. The number of aliphatic carboxylic acids is 1. The van der Waals surface area contributed by atoms with Gasteiger partial charge in [0.15, 0.2) is 18.1 Å². The van der Waals surface area contributed by atoms with Gasteiger partial charge in [0.05, 0.1) is 17.4 Å². The number of carboxylic acids is 1. The standard InChI is InChI=1S/C25H24N2O8/c28-22(26-17-9-10-20-21(13-17)34-12-11-33-20)14-35-25(32)15-5-7-16(8-6-15)27-23(29)18-3-1-2-4-19(18)24(30)31/h1-2,5-10,13,18-19H,3-4,11-12,14H2,(H,26,28)(H,27,29)(H,30,31)/t18-,19+/m1/s1. The van der Waals surface area contributed by atoms with Gasteiger partial charge in [-0.05, 0) is 49.2 Å². The van der Waals surface area contributed by atoms with Crippen LogP contribution in [0.15, 0.2) is 54.6 Å². The Morgan fingerprint density at radius 2 is 1.51 bits per heavy atom. The van der Waals surface area contributed by atoms with Gasteiger partial charge in [-0.15, -0.1) is 0 Å². The minimum atomic E-state index is -1.01. The molecular formula is C25H24N2O8. The fraction of sp³-hybridized carbons (Fsp3) is 0.280. The number of benzene rings is 2. The molecule has 0 unspecified atom stereocenters. The summed E-state index contributed by atoms with van der Waals surface area (Å²) in [6.07, 6.45) is 4.22. The van der Waals surface area contributed by atoms with Crippen LogP contribution in [0.5, 0.6) is 11.5 Å². The van der Waals surface area contributed by atoms with Crippen LogP contribution in [-0.2, 0) is 19.1 Å². The smallest absolute Gasteiger partial charge is 0.338 e. The molecule has 2 aliphatic rings. The number of ether oxygens (including phenoxy) is 3. The maximum absolute atomic E-state index is 12.5. The number of hydrogen-bond acceptors (Lipinski definition) is 7. The van der Waals surface area contributed by atoms with E-state index < -0.39 is 42.2 Å². The molecule has 0 saturated carbocycles. The molecular weight excluding hydrogens is 456 g/mol. The second-order valence-electron chi connectivity index (χ2n) is 8.04. The Balaban J connectivity index is 1.27. The fourth-order valence-corrected chi connectivity index (χ4v) is 3.83. The molecule has 35 heavy (non-hydrogen) atoms. The molecule has 0 fully saturated rings. The summed E-state index contributed by atoms with van der Waals surface area (Å²) in [5.41, 5.74) is 1.09. The number of rotatable bonds is 7. The number of fused-ring (bicyclic) bond motifs is 1. The van der Waals surface area contributed by atoms with Crippen LogP contribution in [-0.4, -0.2) is 48.7 Å². The van der Waals surface area contributed by atoms with Crippen LogP contribution in [0, 0.1) is 11.8 Å². The molecule has 2 amide bonds. The van der Waals surface area contributed by atoms with Gasteiger partial charge in [0.2, 0.25) is 5.91 Å². The summed E-state index contributed by atoms with van der Waals surface area (Å²) in [5, 5.41) is 14.7. The van der Waals surface area contributed by atoms with Crippen LogP contribution < -0.4 is 20.1 Å². The topological polar surface area (TPSA) is 140 Å². The van der Waals surface area contributed by atoms with Crippen molar-refractivity contribution in [2.24, 2.45) is 11.8 Å². The van der Waals surface area contributed by atoms with Crippen LogP contribution in [0.3, 0.4) is 0 Å². The van der Waals surface area contributed by atoms with Crippen LogP contribution in [0.1, 0.15) is 23.2 Å². The van der Waals surface area contributed by atoms with Crippen molar-refractivity contribution in [1.29, 1.82) is 0 Å². The predicted octanol–water partition coefficient (Wildman–Crippen LogP) is 2.86. The van der Waals surface area contributed by atoms with Crippen LogP contribution in [0.25, 0.3) is 0 Å². The van der Waals surface area contributed by atoms with Crippen molar-refractivity contribution in [3.05, 3.63) is 60.2 Å². The summed E-state index contributed by atoms with van der Waals surface area (Å²) < 4.78 is 16.0. The zero-order valence-electron chi connectivity index (χ0n) is 18.7. The van der Waals surface area contributed by atoms with E-state index in [2.05, 4.69) is 10.6 Å². The first-order valence-corrected chi connectivity index (χ1v) is 11.1. The number of hydrogen-bond donors (Lipinski definition) is 3. The minimum absolute atomic E-state index is 0.194. The Labute approximate surface area is 200 Å². The monoisotopic (exact) mass is 480 g/mol. The number of amides is 2. The number of esters is 1. The van der Waals surface area contributed by atoms with Crippen molar-refractivity contribution < 1.29 is 38.5 Å². The normalized spacial score (nSPS) is 18.3. The lowest BCUT2D eigenvalue weighted by Gasteiger charge is -2.24. The summed E-state index contributed by atoms with van der Waals surface area (Å²) in [4.78, 5) is 48.4. The molecule has 2 aromatic carbocycles. The molecule has 4 rings (SSSR count). The molecule has 2 aromatic rings. The summed E-state index contributed by atoms with van der Waals surface area (Å²) in [5.74, 6) is -2.96. The molecule has 0 bridgehead atoms. The lowest BCUT2D eigenvalue weighted by molar-refractivity contribution is -0.146.